The van der Waals surface area contributed by atoms with E-state index in [0.29, 0.717) is 12.0 Å². The van der Waals surface area contributed by atoms with E-state index in [2.05, 4.69) is 14.6 Å². The minimum Gasteiger partial charge on any atom is -0.348 e. The van der Waals surface area contributed by atoms with E-state index in [1.54, 1.807) is 18.3 Å². The first-order valence-electron chi connectivity index (χ1n) is 7.91. The summed E-state index contributed by atoms with van der Waals surface area (Å²) in [4.78, 5) is 6.81. The Hall–Kier alpha value is -1.51. The highest BCUT2D eigenvalue weighted by Crippen LogP contribution is 2.24. The standard InChI is InChI=1S/C16H20FN3O2S2/c1-12-4-5-13(17)10-15(12)24(21,22)18-7-6-14-11-23-16(19-14)20-8-2-3-9-20/h4-5,10-11,18H,2-3,6-9H2,1H3. The van der Waals surface area contributed by atoms with E-state index in [-0.39, 0.29) is 11.4 Å². The van der Waals surface area contributed by atoms with Crippen molar-refractivity contribution in [3.63, 3.8) is 0 Å². The van der Waals surface area contributed by atoms with Gasteiger partial charge in [0.15, 0.2) is 5.13 Å². The van der Waals surface area contributed by atoms with E-state index in [0.717, 1.165) is 30.0 Å². The zero-order valence-corrected chi connectivity index (χ0v) is 15.1. The van der Waals surface area contributed by atoms with Gasteiger partial charge in [-0.25, -0.2) is 22.5 Å². The van der Waals surface area contributed by atoms with Crippen LogP contribution in [-0.2, 0) is 16.4 Å². The summed E-state index contributed by atoms with van der Waals surface area (Å²) in [6.07, 6.45) is 2.90. The molecule has 1 aromatic heterocycles. The van der Waals surface area contributed by atoms with E-state index in [1.165, 1.54) is 25.0 Å². The van der Waals surface area contributed by atoms with Crippen molar-refractivity contribution >= 4 is 26.5 Å². The van der Waals surface area contributed by atoms with Crippen LogP contribution in [0.1, 0.15) is 24.1 Å². The number of hydrogen-bond donors (Lipinski definition) is 1. The topological polar surface area (TPSA) is 62.3 Å². The number of benzene rings is 1. The van der Waals surface area contributed by atoms with Crippen LogP contribution >= 0.6 is 11.3 Å². The summed E-state index contributed by atoms with van der Waals surface area (Å²) in [5.74, 6) is -0.560. The van der Waals surface area contributed by atoms with Gasteiger partial charge in [0.2, 0.25) is 10.0 Å². The molecule has 0 aliphatic carbocycles. The van der Waals surface area contributed by atoms with Crippen LogP contribution in [0.25, 0.3) is 0 Å². The van der Waals surface area contributed by atoms with E-state index < -0.39 is 15.8 Å². The van der Waals surface area contributed by atoms with Crippen molar-refractivity contribution in [2.75, 3.05) is 24.5 Å². The fourth-order valence-corrected chi connectivity index (χ4v) is 4.92. The maximum absolute atomic E-state index is 13.3. The molecule has 0 amide bonds. The first kappa shape index (κ1) is 17.3. The van der Waals surface area contributed by atoms with Crippen molar-refractivity contribution in [3.05, 3.63) is 40.7 Å². The van der Waals surface area contributed by atoms with Crippen molar-refractivity contribution in [2.24, 2.45) is 0 Å². The molecule has 5 nitrogen and oxygen atoms in total. The highest BCUT2D eigenvalue weighted by molar-refractivity contribution is 7.89. The highest BCUT2D eigenvalue weighted by Gasteiger charge is 2.18. The molecule has 1 saturated heterocycles. The summed E-state index contributed by atoms with van der Waals surface area (Å²) in [5.41, 5.74) is 1.40. The number of nitrogens with one attached hydrogen (secondary N) is 1. The van der Waals surface area contributed by atoms with Gasteiger partial charge in [0.1, 0.15) is 5.82 Å². The molecular formula is C16H20FN3O2S2. The Morgan fingerprint density at radius 1 is 1.33 bits per heavy atom. The molecular weight excluding hydrogens is 349 g/mol. The van der Waals surface area contributed by atoms with Crippen LogP contribution < -0.4 is 9.62 Å². The predicted molar refractivity (Wildman–Crippen MR) is 93.6 cm³/mol. The van der Waals surface area contributed by atoms with Gasteiger partial charge in [0, 0.05) is 31.4 Å². The van der Waals surface area contributed by atoms with Gasteiger partial charge in [-0.2, -0.15) is 0 Å². The minimum absolute atomic E-state index is 0.0152. The molecule has 0 unspecified atom stereocenters. The summed E-state index contributed by atoms with van der Waals surface area (Å²) >= 11 is 1.59. The van der Waals surface area contributed by atoms with Crippen molar-refractivity contribution in [1.82, 2.24) is 9.71 Å². The van der Waals surface area contributed by atoms with Gasteiger partial charge in [0.25, 0.3) is 0 Å². The number of thiazole rings is 1. The third-order valence-electron chi connectivity index (χ3n) is 4.03. The zero-order valence-electron chi connectivity index (χ0n) is 13.5. The van der Waals surface area contributed by atoms with Crippen LogP contribution in [0.2, 0.25) is 0 Å². The van der Waals surface area contributed by atoms with Crippen LogP contribution in [0.3, 0.4) is 0 Å². The number of rotatable bonds is 6. The lowest BCUT2D eigenvalue weighted by Crippen LogP contribution is -2.27. The Kier molecular flexibility index (Phi) is 5.17. The summed E-state index contributed by atoms with van der Waals surface area (Å²) in [6, 6.07) is 3.77. The number of hydrogen-bond acceptors (Lipinski definition) is 5. The number of sulfonamides is 1. The third kappa shape index (κ3) is 3.93. The highest BCUT2D eigenvalue weighted by atomic mass is 32.2. The summed E-state index contributed by atoms with van der Waals surface area (Å²) in [6.45, 7) is 3.97. The number of anilines is 1. The van der Waals surface area contributed by atoms with Gasteiger partial charge < -0.3 is 4.90 Å². The summed E-state index contributed by atoms with van der Waals surface area (Å²) < 4.78 is 40.4. The van der Waals surface area contributed by atoms with E-state index in [9.17, 15) is 12.8 Å². The van der Waals surface area contributed by atoms with Gasteiger partial charge in [0.05, 0.1) is 10.6 Å². The van der Waals surface area contributed by atoms with E-state index in [1.807, 2.05) is 5.38 Å². The summed E-state index contributed by atoms with van der Waals surface area (Å²) in [7, 11) is -3.72. The maximum Gasteiger partial charge on any atom is 0.240 e. The monoisotopic (exact) mass is 369 g/mol. The maximum atomic E-state index is 13.3. The lowest BCUT2D eigenvalue weighted by atomic mass is 10.2. The molecule has 3 rings (SSSR count). The second-order valence-corrected chi connectivity index (χ2v) is 8.45. The molecule has 0 bridgehead atoms. The van der Waals surface area contributed by atoms with Crippen LogP contribution in [0, 0.1) is 12.7 Å². The number of aromatic nitrogens is 1. The fourth-order valence-electron chi connectivity index (χ4n) is 2.72. The molecule has 1 aliphatic heterocycles. The Morgan fingerprint density at radius 3 is 2.83 bits per heavy atom. The Morgan fingerprint density at radius 2 is 2.08 bits per heavy atom. The second kappa shape index (κ2) is 7.16. The van der Waals surface area contributed by atoms with Crippen LogP contribution in [0.15, 0.2) is 28.5 Å². The quantitative estimate of drug-likeness (QED) is 0.850. The van der Waals surface area contributed by atoms with Gasteiger partial charge in [-0.3, -0.25) is 0 Å². The third-order valence-corrected chi connectivity index (χ3v) is 6.58. The van der Waals surface area contributed by atoms with Crippen molar-refractivity contribution in [2.45, 2.75) is 31.1 Å². The number of halogens is 1. The molecule has 8 heteroatoms. The van der Waals surface area contributed by atoms with Crippen LogP contribution in [-0.4, -0.2) is 33.0 Å². The van der Waals surface area contributed by atoms with Crippen molar-refractivity contribution < 1.29 is 12.8 Å². The van der Waals surface area contributed by atoms with E-state index >= 15 is 0 Å². The molecule has 2 aromatic rings. The molecule has 0 saturated carbocycles. The van der Waals surface area contributed by atoms with Crippen molar-refractivity contribution in [3.8, 4) is 0 Å². The minimum atomic E-state index is -3.72. The average Bonchev–Trinajstić information content (AvgIpc) is 3.20. The first-order valence-corrected chi connectivity index (χ1v) is 10.3. The number of nitrogens with zero attached hydrogens (tertiary/aromatic N) is 2. The Labute approximate surface area is 145 Å². The van der Waals surface area contributed by atoms with Crippen molar-refractivity contribution in [1.29, 1.82) is 0 Å². The molecule has 1 N–H and O–H groups in total. The molecule has 24 heavy (non-hydrogen) atoms. The van der Waals surface area contributed by atoms with Gasteiger partial charge in [-0.1, -0.05) is 6.07 Å². The molecule has 0 radical (unpaired) electrons. The smallest absolute Gasteiger partial charge is 0.240 e. The van der Waals surface area contributed by atoms with Gasteiger partial charge in [-0.15, -0.1) is 11.3 Å². The Balaban J connectivity index is 1.60. The van der Waals surface area contributed by atoms with Gasteiger partial charge in [-0.05, 0) is 37.5 Å². The molecule has 1 aromatic carbocycles. The lowest BCUT2D eigenvalue weighted by Gasteiger charge is -2.12. The SMILES string of the molecule is Cc1ccc(F)cc1S(=O)(=O)NCCc1csc(N2CCCC2)n1. The van der Waals surface area contributed by atoms with Gasteiger partial charge >= 0.3 is 0 Å². The molecule has 1 aliphatic rings. The fraction of sp³-hybridized carbons (Fsp3) is 0.438. The number of aryl methyl sites for hydroxylation is 1. The molecule has 1 fully saturated rings. The normalized spacial score (nSPS) is 15.2. The zero-order chi connectivity index (χ0) is 17.2. The lowest BCUT2D eigenvalue weighted by molar-refractivity contribution is 0.576. The average molecular weight is 369 g/mol. The van der Waals surface area contributed by atoms with Crippen LogP contribution in [0.4, 0.5) is 9.52 Å². The first-order chi connectivity index (χ1) is 11.5. The largest absolute Gasteiger partial charge is 0.348 e. The summed E-state index contributed by atoms with van der Waals surface area (Å²) in [5, 5.41) is 2.97. The van der Waals surface area contributed by atoms with Crippen LogP contribution in [0.5, 0.6) is 0 Å². The Bertz CT molecular complexity index is 814. The predicted octanol–water partition coefficient (Wildman–Crippen LogP) is 2.71. The molecule has 0 atom stereocenters. The molecule has 0 spiro atoms. The second-order valence-electron chi connectivity index (χ2n) is 5.87. The van der Waals surface area contributed by atoms with E-state index in [4.69, 9.17) is 0 Å². The molecule has 130 valence electrons. The molecule has 2 heterocycles.